The van der Waals surface area contributed by atoms with Crippen LogP contribution < -0.4 is 5.32 Å². The molecule has 0 atom stereocenters. The van der Waals surface area contributed by atoms with Crippen molar-refractivity contribution < 1.29 is 13.2 Å². The van der Waals surface area contributed by atoms with Crippen LogP contribution in [0.4, 0.5) is 0 Å². The lowest BCUT2D eigenvalue weighted by Crippen LogP contribution is -2.38. The quantitative estimate of drug-likeness (QED) is 0.446. The number of carbonyl (C=O) groups is 1. The molecule has 0 unspecified atom stereocenters. The first kappa shape index (κ1) is 23.8. The Morgan fingerprint density at radius 2 is 1.97 bits per heavy atom. The molecule has 9 heteroatoms. The number of pyridine rings is 1. The van der Waals surface area contributed by atoms with Gasteiger partial charge in [-0.25, -0.2) is 13.4 Å². The fourth-order valence-electron chi connectivity index (χ4n) is 4.28. The second-order valence-corrected chi connectivity index (χ2v) is 11.4. The number of aromatic amines is 1. The molecule has 0 saturated heterocycles. The van der Waals surface area contributed by atoms with E-state index in [-0.39, 0.29) is 22.6 Å². The van der Waals surface area contributed by atoms with E-state index in [0.717, 1.165) is 37.6 Å². The monoisotopic (exact) mass is 486 g/mol. The van der Waals surface area contributed by atoms with Crippen LogP contribution >= 0.6 is 11.8 Å². The summed E-state index contributed by atoms with van der Waals surface area (Å²) >= 11 is 1.30. The minimum atomic E-state index is -3.56. The van der Waals surface area contributed by atoms with Gasteiger partial charge in [-0.05, 0) is 43.0 Å². The second-order valence-electron chi connectivity index (χ2n) is 8.39. The number of amides is 1. The lowest BCUT2D eigenvalue weighted by atomic mass is 9.96. The first-order valence-corrected chi connectivity index (χ1v) is 13.8. The van der Waals surface area contributed by atoms with Crippen LogP contribution in [0.15, 0.2) is 58.7 Å². The molecule has 1 amide bonds. The van der Waals surface area contributed by atoms with Crippen molar-refractivity contribution in [1.82, 2.24) is 19.6 Å². The van der Waals surface area contributed by atoms with Crippen molar-refractivity contribution >= 4 is 38.6 Å². The number of fused-ring (bicyclic) bond motifs is 1. The predicted octanol–water partition coefficient (Wildman–Crippen LogP) is 3.97. The van der Waals surface area contributed by atoms with Crippen LogP contribution in [0, 0.1) is 0 Å². The standard InChI is InChI=1S/C24H30N4O3S2/c1-28(19-7-3-2-4-8-19)33(30,31)20-11-12-24(27-16-20)32-17-23(29)25-14-13-18-15-26-22-10-6-5-9-21(18)22/h5-6,9-12,15-16,19,26H,2-4,7-8,13-14,17H2,1H3,(H,25,29). The van der Waals surface area contributed by atoms with Crippen molar-refractivity contribution in [3.8, 4) is 0 Å². The normalized spacial score (nSPS) is 15.2. The van der Waals surface area contributed by atoms with E-state index in [0.29, 0.717) is 11.6 Å². The Balaban J connectivity index is 1.25. The Labute approximate surface area is 199 Å². The molecule has 176 valence electrons. The first-order valence-electron chi connectivity index (χ1n) is 11.3. The molecule has 1 aromatic carbocycles. The number of sulfonamides is 1. The van der Waals surface area contributed by atoms with Crippen LogP contribution in [0.1, 0.15) is 37.7 Å². The number of nitrogens with one attached hydrogen (secondary N) is 2. The molecular weight excluding hydrogens is 456 g/mol. The number of hydrogen-bond acceptors (Lipinski definition) is 5. The van der Waals surface area contributed by atoms with Gasteiger partial charge in [-0.15, -0.1) is 0 Å². The van der Waals surface area contributed by atoms with Crippen molar-refractivity contribution in [3.05, 3.63) is 54.4 Å². The molecular formula is C24H30N4O3S2. The first-order chi connectivity index (χ1) is 15.9. The Bertz CT molecular complexity index is 1190. The van der Waals surface area contributed by atoms with Crippen molar-refractivity contribution in [2.45, 2.75) is 54.5 Å². The molecule has 33 heavy (non-hydrogen) atoms. The Morgan fingerprint density at radius 1 is 1.18 bits per heavy atom. The van der Waals surface area contributed by atoms with Gasteiger partial charge in [-0.3, -0.25) is 4.79 Å². The Hall–Kier alpha value is -2.36. The van der Waals surface area contributed by atoms with E-state index in [9.17, 15) is 13.2 Å². The lowest BCUT2D eigenvalue weighted by Gasteiger charge is -2.30. The van der Waals surface area contributed by atoms with Crippen molar-refractivity contribution in [2.75, 3.05) is 19.3 Å². The highest BCUT2D eigenvalue weighted by Gasteiger charge is 2.29. The molecule has 0 radical (unpaired) electrons. The zero-order valence-corrected chi connectivity index (χ0v) is 20.4. The van der Waals surface area contributed by atoms with E-state index in [2.05, 4.69) is 21.4 Å². The minimum Gasteiger partial charge on any atom is -0.361 e. The van der Waals surface area contributed by atoms with Gasteiger partial charge in [0, 0.05) is 42.9 Å². The van der Waals surface area contributed by atoms with Crippen LogP contribution in [0.25, 0.3) is 10.9 Å². The van der Waals surface area contributed by atoms with Gasteiger partial charge in [0.05, 0.1) is 10.8 Å². The molecule has 1 aliphatic rings. The molecule has 1 saturated carbocycles. The summed E-state index contributed by atoms with van der Waals surface area (Å²) in [6.45, 7) is 0.555. The van der Waals surface area contributed by atoms with Crippen LogP contribution in [-0.2, 0) is 21.2 Å². The third-order valence-corrected chi connectivity index (χ3v) is 9.06. The van der Waals surface area contributed by atoms with Crippen LogP contribution in [0.2, 0.25) is 0 Å². The van der Waals surface area contributed by atoms with Gasteiger partial charge in [0.25, 0.3) is 0 Å². The average molecular weight is 487 g/mol. The van der Waals surface area contributed by atoms with Crippen molar-refractivity contribution in [3.63, 3.8) is 0 Å². The van der Waals surface area contributed by atoms with Gasteiger partial charge >= 0.3 is 0 Å². The number of carbonyl (C=O) groups excluding carboxylic acids is 1. The van der Waals surface area contributed by atoms with E-state index in [1.165, 1.54) is 39.6 Å². The minimum absolute atomic E-state index is 0.0609. The van der Waals surface area contributed by atoms with Gasteiger partial charge in [0.15, 0.2) is 0 Å². The van der Waals surface area contributed by atoms with Crippen LogP contribution in [0.5, 0.6) is 0 Å². The average Bonchev–Trinajstić information content (AvgIpc) is 3.26. The fourth-order valence-corrected chi connectivity index (χ4v) is 6.31. The molecule has 0 bridgehead atoms. The van der Waals surface area contributed by atoms with Crippen molar-refractivity contribution in [2.24, 2.45) is 0 Å². The van der Waals surface area contributed by atoms with Gasteiger partial charge in [-0.1, -0.05) is 49.2 Å². The largest absolute Gasteiger partial charge is 0.361 e. The number of rotatable bonds is 9. The zero-order valence-electron chi connectivity index (χ0n) is 18.8. The fraction of sp³-hybridized carbons (Fsp3) is 0.417. The number of benzene rings is 1. The Kier molecular flexibility index (Phi) is 7.72. The summed E-state index contributed by atoms with van der Waals surface area (Å²) in [7, 11) is -1.89. The van der Waals surface area contributed by atoms with Crippen LogP contribution in [-0.4, -0.2) is 54.0 Å². The van der Waals surface area contributed by atoms with Gasteiger partial charge < -0.3 is 10.3 Å². The molecule has 1 fully saturated rings. The van der Waals surface area contributed by atoms with Gasteiger partial charge in [-0.2, -0.15) is 4.31 Å². The number of H-pyrrole nitrogens is 1. The SMILES string of the molecule is CN(C1CCCCC1)S(=O)(=O)c1ccc(SCC(=O)NCCc2c[nH]c3ccccc23)nc1. The van der Waals surface area contributed by atoms with Crippen LogP contribution in [0.3, 0.4) is 0 Å². The van der Waals surface area contributed by atoms with Crippen molar-refractivity contribution in [1.29, 1.82) is 0 Å². The number of nitrogens with zero attached hydrogens (tertiary/aromatic N) is 2. The summed E-state index contributed by atoms with van der Waals surface area (Å²) in [6.07, 6.45) is 9.26. The predicted molar refractivity (Wildman–Crippen MR) is 132 cm³/mol. The van der Waals surface area contributed by atoms with E-state index in [1.807, 2.05) is 24.4 Å². The molecule has 2 aromatic heterocycles. The summed E-state index contributed by atoms with van der Waals surface area (Å²) in [5.41, 5.74) is 2.27. The number of aromatic nitrogens is 2. The second kappa shape index (κ2) is 10.7. The Morgan fingerprint density at radius 3 is 2.73 bits per heavy atom. The molecule has 4 rings (SSSR count). The van der Waals surface area contributed by atoms with Gasteiger partial charge in [0.1, 0.15) is 4.90 Å². The van der Waals surface area contributed by atoms with E-state index >= 15 is 0 Å². The maximum absolute atomic E-state index is 12.9. The summed E-state index contributed by atoms with van der Waals surface area (Å²) in [5, 5.41) is 4.74. The highest BCUT2D eigenvalue weighted by Crippen LogP contribution is 2.27. The maximum atomic E-state index is 12.9. The van der Waals surface area contributed by atoms with E-state index < -0.39 is 10.0 Å². The van der Waals surface area contributed by atoms with Gasteiger partial charge in [0.2, 0.25) is 15.9 Å². The molecule has 7 nitrogen and oxygen atoms in total. The summed E-state index contributed by atoms with van der Waals surface area (Å²) in [4.78, 5) is 19.9. The lowest BCUT2D eigenvalue weighted by molar-refractivity contribution is -0.118. The third kappa shape index (κ3) is 5.77. The maximum Gasteiger partial charge on any atom is 0.244 e. The molecule has 0 spiro atoms. The summed E-state index contributed by atoms with van der Waals surface area (Å²) in [5.74, 6) is 0.157. The summed E-state index contributed by atoms with van der Waals surface area (Å²) in [6, 6.07) is 11.4. The zero-order chi connectivity index (χ0) is 23.3. The molecule has 2 heterocycles. The highest BCUT2D eigenvalue weighted by atomic mass is 32.2. The number of para-hydroxylation sites is 1. The van der Waals surface area contributed by atoms with E-state index in [4.69, 9.17) is 0 Å². The number of hydrogen-bond donors (Lipinski definition) is 2. The topological polar surface area (TPSA) is 95.2 Å². The molecule has 3 aromatic rings. The number of thioether (sulfide) groups is 1. The smallest absolute Gasteiger partial charge is 0.244 e. The van der Waals surface area contributed by atoms with E-state index in [1.54, 1.807) is 19.2 Å². The summed E-state index contributed by atoms with van der Waals surface area (Å²) < 4.78 is 27.3. The molecule has 2 N–H and O–H groups in total. The molecule has 1 aliphatic carbocycles. The third-order valence-electron chi connectivity index (χ3n) is 6.22. The molecule has 0 aliphatic heterocycles. The highest BCUT2D eigenvalue weighted by molar-refractivity contribution is 7.99.